The maximum Gasteiger partial charge on any atom is 0.251 e. The van der Waals surface area contributed by atoms with E-state index in [1.807, 2.05) is 24.3 Å². The minimum atomic E-state index is -0.352. The van der Waals surface area contributed by atoms with Crippen molar-refractivity contribution < 1.29 is 4.79 Å². The Labute approximate surface area is 158 Å². The van der Waals surface area contributed by atoms with Crippen LogP contribution in [0.1, 0.15) is 40.4 Å². The van der Waals surface area contributed by atoms with Crippen LogP contribution in [0.3, 0.4) is 0 Å². The molecular formula is C21H23N3OS. The van der Waals surface area contributed by atoms with Crippen LogP contribution in [0.5, 0.6) is 0 Å². The van der Waals surface area contributed by atoms with Gasteiger partial charge < -0.3 is 11.1 Å². The zero-order chi connectivity index (χ0) is 18.1. The van der Waals surface area contributed by atoms with Gasteiger partial charge in [0.05, 0.1) is 5.54 Å². The average molecular weight is 366 g/mol. The highest BCUT2D eigenvalue weighted by atomic mass is 32.2. The molecule has 0 spiro atoms. The number of nitrogens with two attached hydrogens (primary N) is 1. The van der Waals surface area contributed by atoms with Gasteiger partial charge in [-0.15, -0.1) is 0 Å². The normalized spacial score (nSPS) is 22.6. The Morgan fingerprint density at radius 1 is 1.19 bits per heavy atom. The zero-order valence-electron chi connectivity index (χ0n) is 14.9. The lowest BCUT2D eigenvalue weighted by Gasteiger charge is -2.30. The van der Waals surface area contributed by atoms with Crippen LogP contribution in [0.15, 0.2) is 53.5 Å². The molecule has 1 amide bonds. The predicted octanol–water partition coefficient (Wildman–Crippen LogP) is 3.25. The number of carbonyl (C=O) groups is 1. The van der Waals surface area contributed by atoms with E-state index in [0.717, 1.165) is 30.6 Å². The van der Waals surface area contributed by atoms with Crippen molar-refractivity contribution in [3.05, 3.63) is 70.8 Å². The first-order chi connectivity index (χ1) is 12.5. The second kappa shape index (κ2) is 6.80. The quantitative estimate of drug-likeness (QED) is 0.877. The minimum absolute atomic E-state index is 0.0182. The molecule has 1 atom stereocenters. The van der Waals surface area contributed by atoms with Crippen molar-refractivity contribution in [2.75, 3.05) is 5.75 Å². The largest absolute Gasteiger partial charge is 0.379 e. The lowest BCUT2D eigenvalue weighted by molar-refractivity contribution is 0.0938. The summed E-state index contributed by atoms with van der Waals surface area (Å²) in [7, 11) is 0. The van der Waals surface area contributed by atoms with Crippen LogP contribution in [-0.2, 0) is 18.4 Å². The summed E-state index contributed by atoms with van der Waals surface area (Å²) in [6.07, 6.45) is 2.72. The SMILES string of the molecule is CC1(c2cccc(C(=O)NC3Cc4ccccc4C3)c2)CCSC(N)=N1. The van der Waals surface area contributed by atoms with E-state index in [0.29, 0.717) is 10.7 Å². The Hall–Kier alpha value is -2.27. The number of benzene rings is 2. The molecule has 0 aromatic heterocycles. The van der Waals surface area contributed by atoms with Crippen molar-refractivity contribution in [3.63, 3.8) is 0 Å². The molecule has 4 rings (SSSR count). The van der Waals surface area contributed by atoms with Crippen molar-refractivity contribution in [1.82, 2.24) is 5.32 Å². The van der Waals surface area contributed by atoms with Crippen molar-refractivity contribution in [2.45, 2.75) is 37.8 Å². The second-order valence-electron chi connectivity index (χ2n) is 7.25. The van der Waals surface area contributed by atoms with Crippen molar-refractivity contribution in [1.29, 1.82) is 0 Å². The molecular weight excluding hydrogens is 342 g/mol. The number of hydrogen-bond acceptors (Lipinski definition) is 4. The molecule has 26 heavy (non-hydrogen) atoms. The fourth-order valence-corrected chi connectivity index (χ4v) is 4.79. The highest BCUT2D eigenvalue weighted by Crippen LogP contribution is 2.35. The summed E-state index contributed by atoms with van der Waals surface area (Å²) in [4.78, 5) is 17.4. The third-order valence-corrected chi connectivity index (χ3v) is 6.12. The number of amidine groups is 1. The summed E-state index contributed by atoms with van der Waals surface area (Å²) >= 11 is 1.59. The van der Waals surface area contributed by atoms with Gasteiger partial charge >= 0.3 is 0 Å². The molecule has 0 saturated carbocycles. The predicted molar refractivity (Wildman–Crippen MR) is 108 cm³/mol. The third-order valence-electron chi connectivity index (χ3n) is 5.33. The van der Waals surface area contributed by atoms with Crippen molar-refractivity contribution >= 4 is 22.8 Å². The van der Waals surface area contributed by atoms with Crippen LogP contribution in [-0.4, -0.2) is 22.9 Å². The maximum atomic E-state index is 12.8. The molecule has 0 radical (unpaired) electrons. The van der Waals surface area contributed by atoms with Gasteiger partial charge in [-0.05, 0) is 55.0 Å². The molecule has 0 saturated heterocycles. The topological polar surface area (TPSA) is 67.5 Å². The number of rotatable bonds is 3. The van der Waals surface area contributed by atoms with Gasteiger partial charge in [0, 0.05) is 17.4 Å². The highest BCUT2D eigenvalue weighted by molar-refractivity contribution is 8.13. The molecule has 1 unspecified atom stereocenters. The Bertz CT molecular complexity index is 854. The third kappa shape index (κ3) is 3.36. The number of hydrogen-bond donors (Lipinski definition) is 2. The van der Waals surface area contributed by atoms with E-state index in [9.17, 15) is 4.79 Å². The Kier molecular flexibility index (Phi) is 4.49. The maximum absolute atomic E-state index is 12.8. The van der Waals surface area contributed by atoms with Crippen molar-refractivity contribution in [2.24, 2.45) is 10.7 Å². The van der Waals surface area contributed by atoms with Gasteiger partial charge in [0.25, 0.3) is 5.91 Å². The summed E-state index contributed by atoms with van der Waals surface area (Å²) in [5.74, 6) is 0.929. The van der Waals surface area contributed by atoms with Crippen LogP contribution in [0, 0.1) is 0 Å². The fraction of sp³-hybridized carbons (Fsp3) is 0.333. The van der Waals surface area contributed by atoms with Crippen LogP contribution in [0.4, 0.5) is 0 Å². The molecule has 2 aromatic rings. The molecule has 1 aliphatic heterocycles. The number of fused-ring (bicyclic) bond motifs is 1. The van der Waals surface area contributed by atoms with Gasteiger partial charge in [-0.25, -0.2) is 0 Å². The fourth-order valence-electron chi connectivity index (χ4n) is 3.82. The summed E-state index contributed by atoms with van der Waals surface area (Å²) in [5, 5.41) is 3.81. The summed E-state index contributed by atoms with van der Waals surface area (Å²) in [6, 6.07) is 16.4. The number of nitrogens with one attached hydrogen (secondary N) is 1. The molecule has 0 fully saturated rings. The Morgan fingerprint density at radius 3 is 2.62 bits per heavy atom. The van der Waals surface area contributed by atoms with Crippen LogP contribution in [0.25, 0.3) is 0 Å². The lowest BCUT2D eigenvalue weighted by atomic mass is 9.88. The molecule has 4 nitrogen and oxygen atoms in total. The molecule has 1 heterocycles. The molecule has 134 valence electrons. The molecule has 3 N–H and O–H groups in total. The summed E-state index contributed by atoms with van der Waals surface area (Å²) < 4.78 is 0. The summed E-state index contributed by atoms with van der Waals surface area (Å²) in [6.45, 7) is 2.09. The van der Waals surface area contributed by atoms with Gasteiger partial charge in [0.1, 0.15) is 0 Å². The number of nitrogens with zero attached hydrogens (tertiary/aromatic N) is 1. The van der Waals surface area contributed by atoms with E-state index in [4.69, 9.17) is 5.73 Å². The average Bonchev–Trinajstić information content (AvgIpc) is 3.04. The van der Waals surface area contributed by atoms with Gasteiger partial charge in [-0.1, -0.05) is 48.2 Å². The number of thioether (sulfide) groups is 1. The zero-order valence-corrected chi connectivity index (χ0v) is 15.7. The first kappa shape index (κ1) is 17.2. The molecule has 0 bridgehead atoms. The Balaban J connectivity index is 1.50. The molecule has 2 aromatic carbocycles. The minimum Gasteiger partial charge on any atom is -0.379 e. The smallest absolute Gasteiger partial charge is 0.251 e. The van der Waals surface area contributed by atoms with E-state index >= 15 is 0 Å². The highest BCUT2D eigenvalue weighted by Gasteiger charge is 2.30. The monoisotopic (exact) mass is 365 g/mol. The van der Waals surface area contributed by atoms with E-state index in [2.05, 4.69) is 41.5 Å². The number of carbonyl (C=O) groups excluding carboxylic acids is 1. The van der Waals surface area contributed by atoms with E-state index < -0.39 is 0 Å². The number of amides is 1. The Morgan fingerprint density at radius 2 is 1.92 bits per heavy atom. The van der Waals surface area contributed by atoms with Gasteiger partial charge in [-0.3, -0.25) is 9.79 Å². The van der Waals surface area contributed by atoms with Crippen LogP contribution >= 0.6 is 11.8 Å². The number of aliphatic imine (C=N–C) groups is 1. The molecule has 1 aliphatic carbocycles. The van der Waals surface area contributed by atoms with Crippen molar-refractivity contribution in [3.8, 4) is 0 Å². The summed E-state index contributed by atoms with van der Waals surface area (Å²) in [5.41, 5.74) is 9.98. The molecule has 2 aliphatic rings. The van der Waals surface area contributed by atoms with Gasteiger partial charge in [0.2, 0.25) is 0 Å². The lowest BCUT2D eigenvalue weighted by Crippen LogP contribution is -2.35. The standard InChI is InChI=1S/C21H23N3OS/c1-21(9-10-26-20(22)24-21)17-8-4-7-16(11-17)19(25)23-18-12-14-5-2-3-6-15(14)13-18/h2-8,11,18H,9-10,12-13H2,1H3,(H2,22,24)(H,23,25). The van der Waals surface area contributed by atoms with E-state index in [1.165, 1.54) is 11.1 Å². The van der Waals surface area contributed by atoms with E-state index in [1.54, 1.807) is 11.8 Å². The van der Waals surface area contributed by atoms with Gasteiger partial charge in [-0.2, -0.15) is 0 Å². The van der Waals surface area contributed by atoms with Gasteiger partial charge in [0.15, 0.2) is 5.17 Å². The van der Waals surface area contributed by atoms with E-state index in [-0.39, 0.29) is 17.5 Å². The molecule has 5 heteroatoms. The first-order valence-corrected chi connectivity index (χ1v) is 9.98. The first-order valence-electron chi connectivity index (χ1n) is 9.00. The van der Waals surface area contributed by atoms with Crippen LogP contribution < -0.4 is 11.1 Å². The second-order valence-corrected chi connectivity index (χ2v) is 8.37. The van der Waals surface area contributed by atoms with Crippen LogP contribution in [0.2, 0.25) is 0 Å².